The number of benzene rings is 1. The number of aromatic nitrogens is 1. The first-order valence-corrected chi connectivity index (χ1v) is 9.81. The fraction of sp³-hybridized carbons (Fsp3) is 0.304. The molecular weight excluding hydrogens is 350 g/mol. The summed E-state index contributed by atoms with van der Waals surface area (Å²) in [6, 6.07) is 15.8. The lowest BCUT2D eigenvalue weighted by Gasteiger charge is -2.33. The van der Waals surface area contributed by atoms with E-state index in [4.69, 9.17) is 0 Å². The van der Waals surface area contributed by atoms with Crippen LogP contribution in [0.5, 0.6) is 0 Å². The van der Waals surface area contributed by atoms with E-state index in [0.717, 1.165) is 41.8 Å². The third-order valence-electron chi connectivity index (χ3n) is 5.56. The number of Topliss-reactive ketones (excluding diaryl/α,β-unsaturated/α-hetero) is 1. The Morgan fingerprint density at radius 2 is 1.68 bits per heavy atom. The number of pyridine rings is 1. The monoisotopic (exact) mass is 375 g/mol. The van der Waals surface area contributed by atoms with Gasteiger partial charge in [0.25, 0.3) is 11.7 Å². The Labute approximate surface area is 165 Å². The van der Waals surface area contributed by atoms with Crippen LogP contribution in [0.3, 0.4) is 0 Å². The van der Waals surface area contributed by atoms with E-state index in [1.165, 1.54) is 0 Å². The molecule has 1 aliphatic rings. The van der Waals surface area contributed by atoms with E-state index in [1.54, 1.807) is 4.90 Å². The Hall–Kier alpha value is -2.92. The predicted molar refractivity (Wildman–Crippen MR) is 111 cm³/mol. The third-order valence-corrected chi connectivity index (χ3v) is 5.56. The Morgan fingerprint density at radius 1 is 0.964 bits per heavy atom. The number of nitrogens with zero attached hydrogens (tertiary/aromatic N) is 3. The van der Waals surface area contributed by atoms with Crippen molar-refractivity contribution in [2.75, 3.05) is 32.7 Å². The maximum atomic E-state index is 13.3. The van der Waals surface area contributed by atoms with Crippen molar-refractivity contribution in [3.8, 4) is 11.1 Å². The number of carbonyl (C=O) groups excluding carboxylic acids is 2. The Morgan fingerprint density at radius 3 is 2.36 bits per heavy atom. The van der Waals surface area contributed by atoms with Crippen molar-refractivity contribution in [3.63, 3.8) is 0 Å². The summed E-state index contributed by atoms with van der Waals surface area (Å²) >= 11 is 0. The molecule has 0 saturated carbocycles. The first-order valence-electron chi connectivity index (χ1n) is 9.81. The molecule has 2 aromatic heterocycles. The maximum Gasteiger partial charge on any atom is 0.296 e. The summed E-state index contributed by atoms with van der Waals surface area (Å²) in [6.45, 7) is 7.94. The average Bonchev–Trinajstić information content (AvgIpc) is 3.12. The lowest BCUT2D eigenvalue weighted by atomic mass is 10.0. The highest BCUT2D eigenvalue weighted by Crippen LogP contribution is 2.29. The lowest BCUT2D eigenvalue weighted by molar-refractivity contribution is -0.128. The smallest absolute Gasteiger partial charge is 0.296 e. The SMILES string of the molecule is CCN1CCN(C(=O)C(=O)c2c(-c3ccc(C)cc3)cc3ccccn23)CC1. The van der Waals surface area contributed by atoms with E-state index in [0.29, 0.717) is 18.8 Å². The van der Waals surface area contributed by atoms with Gasteiger partial charge in [0.15, 0.2) is 0 Å². The molecule has 1 amide bonds. The van der Waals surface area contributed by atoms with Crippen LogP contribution in [0.2, 0.25) is 0 Å². The standard InChI is InChI=1S/C23H25N3O2/c1-3-24-12-14-25(15-13-24)23(28)22(27)21-20(18-9-7-17(2)8-10-18)16-19-6-4-5-11-26(19)21/h4-11,16H,3,12-15H2,1-2H3. The largest absolute Gasteiger partial charge is 0.333 e. The molecule has 0 bridgehead atoms. The molecule has 144 valence electrons. The quantitative estimate of drug-likeness (QED) is 0.519. The summed E-state index contributed by atoms with van der Waals surface area (Å²) in [7, 11) is 0. The first-order chi connectivity index (χ1) is 13.6. The van der Waals surface area contributed by atoms with Crippen LogP contribution in [-0.2, 0) is 4.79 Å². The number of hydrogen-bond acceptors (Lipinski definition) is 3. The summed E-state index contributed by atoms with van der Waals surface area (Å²) in [4.78, 5) is 30.3. The van der Waals surface area contributed by atoms with E-state index >= 15 is 0 Å². The van der Waals surface area contributed by atoms with Gasteiger partial charge in [-0.1, -0.05) is 42.8 Å². The molecule has 0 spiro atoms. The summed E-state index contributed by atoms with van der Waals surface area (Å²) < 4.78 is 1.83. The molecule has 0 unspecified atom stereocenters. The van der Waals surface area contributed by atoms with Crippen LogP contribution in [-0.4, -0.2) is 58.6 Å². The van der Waals surface area contributed by atoms with E-state index in [9.17, 15) is 9.59 Å². The topological polar surface area (TPSA) is 45.0 Å². The fourth-order valence-electron chi connectivity index (χ4n) is 3.82. The fourth-order valence-corrected chi connectivity index (χ4v) is 3.82. The van der Waals surface area contributed by atoms with Gasteiger partial charge in [0.2, 0.25) is 0 Å². The molecule has 1 aliphatic heterocycles. The number of fused-ring (bicyclic) bond motifs is 1. The van der Waals surface area contributed by atoms with Crippen molar-refractivity contribution in [1.29, 1.82) is 0 Å². The molecule has 1 saturated heterocycles. The summed E-state index contributed by atoms with van der Waals surface area (Å²) in [5, 5.41) is 0. The molecule has 4 rings (SSSR count). The van der Waals surface area contributed by atoms with Gasteiger partial charge in [-0.2, -0.15) is 0 Å². The van der Waals surface area contributed by atoms with Gasteiger partial charge in [-0.25, -0.2) is 0 Å². The van der Waals surface area contributed by atoms with Crippen LogP contribution in [0, 0.1) is 6.92 Å². The van der Waals surface area contributed by atoms with Gasteiger partial charge >= 0.3 is 0 Å². The zero-order valence-corrected chi connectivity index (χ0v) is 16.4. The maximum absolute atomic E-state index is 13.3. The number of likely N-dealkylation sites (N-methyl/N-ethyl adjacent to an activating group) is 1. The Balaban J connectivity index is 1.72. The minimum absolute atomic E-state index is 0.409. The Bertz CT molecular complexity index is 1010. The van der Waals surface area contributed by atoms with Crippen molar-refractivity contribution in [3.05, 3.63) is 66.0 Å². The zero-order chi connectivity index (χ0) is 19.7. The van der Waals surface area contributed by atoms with Gasteiger partial charge < -0.3 is 14.2 Å². The molecule has 5 heteroatoms. The number of ketones is 1. The molecule has 0 atom stereocenters. The van der Waals surface area contributed by atoms with Gasteiger partial charge in [0.1, 0.15) is 5.69 Å². The summed E-state index contributed by atoms with van der Waals surface area (Å²) in [6.07, 6.45) is 1.85. The highest BCUT2D eigenvalue weighted by molar-refractivity contribution is 6.43. The molecule has 0 radical (unpaired) electrons. The van der Waals surface area contributed by atoms with Crippen LogP contribution < -0.4 is 0 Å². The van der Waals surface area contributed by atoms with Gasteiger partial charge in [0, 0.05) is 43.5 Å². The van der Waals surface area contributed by atoms with Crippen molar-refractivity contribution in [1.82, 2.24) is 14.2 Å². The lowest BCUT2D eigenvalue weighted by Crippen LogP contribution is -2.50. The van der Waals surface area contributed by atoms with Gasteiger partial charge in [-0.3, -0.25) is 9.59 Å². The van der Waals surface area contributed by atoms with Crippen molar-refractivity contribution >= 4 is 17.2 Å². The molecule has 1 fully saturated rings. The molecule has 0 N–H and O–H groups in total. The number of hydrogen-bond donors (Lipinski definition) is 0. The number of rotatable bonds is 4. The van der Waals surface area contributed by atoms with Crippen LogP contribution in [0.15, 0.2) is 54.7 Å². The first kappa shape index (κ1) is 18.4. The molecule has 0 aliphatic carbocycles. The second-order valence-electron chi connectivity index (χ2n) is 7.32. The molecule has 5 nitrogen and oxygen atoms in total. The predicted octanol–water partition coefficient (Wildman–Crippen LogP) is 3.26. The van der Waals surface area contributed by atoms with E-state index in [-0.39, 0.29) is 0 Å². The van der Waals surface area contributed by atoms with Crippen LogP contribution in [0.1, 0.15) is 23.0 Å². The van der Waals surface area contributed by atoms with Gasteiger partial charge in [0.05, 0.1) is 0 Å². The highest BCUT2D eigenvalue weighted by atomic mass is 16.2. The van der Waals surface area contributed by atoms with E-state index in [1.807, 2.05) is 66.1 Å². The van der Waals surface area contributed by atoms with Crippen LogP contribution >= 0.6 is 0 Å². The summed E-state index contributed by atoms with van der Waals surface area (Å²) in [5.74, 6) is -0.848. The number of amides is 1. The van der Waals surface area contributed by atoms with Gasteiger partial charge in [-0.15, -0.1) is 0 Å². The van der Waals surface area contributed by atoms with Crippen molar-refractivity contribution in [2.24, 2.45) is 0 Å². The molecular formula is C23H25N3O2. The third kappa shape index (κ3) is 3.34. The Kier molecular flexibility index (Phi) is 5.01. The van der Waals surface area contributed by atoms with Crippen molar-refractivity contribution < 1.29 is 9.59 Å². The van der Waals surface area contributed by atoms with Crippen LogP contribution in [0.25, 0.3) is 16.6 Å². The number of carbonyl (C=O) groups is 2. The summed E-state index contributed by atoms with van der Waals surface area (Å²) in [5.41, 5.74) is 4.26. The number of piperazine rings is 1. The van der Waals surface area contributed by atoms with Crippen LogP contribution in [0.4, 0.5) is 0 Å². The average molecular weight is 375 g/mol. The van der Waals surface area contributed by atoms with E-state index < -0.39 is 11.7 Å². The normalized spacial score (nSPS) is 15.1. The molecule has 28 heavy (non-hydrogen) atoms. The molecule has 3 heterocycles. The van der Waals surface area contributed by atoms with Gasteiger partial charge in [-0.05, 0) is 37.2 Å². The zero-order valence-electron chi connectivity index (χ0n) is 16.4. The minimum Gasteiger partial charge on any atom is -0.333 e. The highest BCUT2D eigenvalue weighted by Gasteiger charge is 2.30. The second kappa shape index (κ2) is 7.60. The number of aryl methyl sites for hydroxylation is 1. The molecule has 3 aromatic rings. The van der Waals surface area contributed by atoms with E-state index in [2.05, 4.69) is 11.8 Å². The van der Waals surface area contributed by atoms with Crippen molar-refractivity contribution in [2.45, 2.75) is 13.8 Å². The second-order valence-corrected chi connectivity index (χ2v) is 7.32. The minimum atomic E-state index is -0.438. The molecule has 1 aromatic carbocycles.